The van der Waals surface area contributed by atoms with Crippen LogP contribution in [-0.4, -0.2) is 29.4 Å². The van der Waals surface area contributed by atoms with E-state index in [0.717, 1.165) is 5.39 Å². The zero-order chi connectivity index (χ0) is 18.5. The third-order valence-electron chi connectivity index (χ3n) is 3.91. The highest BCUT2D eigenvalue weighted by Gasteiger charge is 2.21. The molecular weight excluding hydrogens is 330 g/mol. The number of pyridine rings is 1. The van der Waals surface area contributed by atoms with Crippen LogP contribution < -0.4 is 4.74 Å². The molecule has 0 N–H and O–H groups in total. The Morgan fingerprint density at radius 3 is 2.46 bits per heavy atom. The van der Waals surface area contributed by atoms with Crippen molar-refractivity contribution in [3.8, 4) is 5.75 Å². The topological polar surface area (TPSA) is 65.5 Å². The van der Waals surface area contributed by atoms with Gasteiger partial charge in [-0.15, -0.1) is 0 Å². The van der Waals surface area contributed by atoms with Crippen LogP contribution in [-0.2, 0) is 4.74 Å². The van der Waals surface area contributed by atoms with E-state index in [2.05, 4.69) is 4.98 Å². The standard InChI is InChI=1S/C21H19NO4/c1-3-25-17-11-8-16(9-12-17)20(23)14(2)26-21(24)19-13-10-15-6-4-5-7-18(15)22-19/h4-14H,3H2,1-2H3/t14-/m0/s1. The molecule has 0 unspecified atom stereocenters. The molecule has 3 aromatic rings. The molecule has 132 valence electrons. The van der Waals surface area contributed by atoms with Gasteiger partial charge in [-0.2, -0.15) is 0 Å². The summed E-state index contributed by atoms with van der Waals surface area (Å²) in [5, 5.41) is 0.933. The lowest BCUT2D eigenvalue weighted by Crippen LogP contribution is -2.24. The molecule has 0 aliphatic heterocycles. The number of rotatable bonds is 6. The fourth-order valence-electron chi connectivity index (χ4n) is 2.57. The number of para-hydroxylation sites is 1. The molecule has 0 radical (unpaired) electrons. The summed E-state index contributed by atoms with van der Waals surface area (Å²) >= 11 is 0. The highest BCUT2D eigenvalue weighted by molar-refractivity contribution is 6.01. The predicted octanol–water partition coefficient (Wildman–Crippen LogP) is 4.06. The van der Waals surface area contributed by atoms with E-state index in [0.29, 0.717) is 23.4 Å². The van der Waals surface area contributed by atoms with E-state index in [-0.39, 0.29) is 11.5 Å². The van der Waals surface area contributed by atoms with E-state index in [1.165, 1.54) is 0 Å². The highest BCUT2D eigenvalue weighted by atomic mass is 16.5. The van der Waals surface area contributed by atoms with Gasteiger partial charge in [0.05, 0.1) is 12.1 Å². The molecule has 0 saturated heterocycles. The van der Waals surface area contributed by atoms with Crippen LogP contribution in [0, 0.1) is 0 Å². The van der Waals surface area contributed by atoms with Crippen LogP contribution in [0.4, 0.5) is 0 Å². The Morgan fingerprint density at radius 1 is 1.00 bits per heavy atom. The number of hydrogen-bond acceptors (Lipinski definition) is 5. The third-order valence-corrected chi connectivity index (χ3v) is 3.91. The number of benzene rings is 2. The molecule has 0 aliphatic rings. The van der Waals surface area contributed by atoms with Gasteiger partial charge in [0.2, 0.25) is 5.78 Å². The van der Waals surface area contributed by atoms with Gasteiger partial charge in [0.25, 0.3) is 0 Å². The largest absolute Gasteiger partial charge is 0.494 e. The second-order valence-corrected chi connectivity index (χ2v) is 5.76. The maximum atomic E-state index is 12.5. The number of hydrogen-bond donors (Lipinski definition) is 0. The number of ether oxygens (including phenoxy) is 2. The molecule has 0 aliphatic carbocycles. The lowest BCUT2D eigenvalue weighted by Gasteiger charge is -2.12. The van der Waals surface area contributed by atoms with Crippen LogP contribution in [0.3, 0.4) is 0 Å². The molecule has 5 nitrogen and oxygen atoms in total. The number of fused-ring (bicyclic) bond motifs is 1. The quantitative estimate of drug-likeness (QED) is 0.496. The van der Waals surface area contributed by atoms with E-state index in [9.17, 15) is 9.59 Å². The Kier molecular flexibility index (Phi) is 5.27. The average molecular weight is 349 g/mol. The summed E-state index contributed by atoms with van der Waals surface area (Å²) in [4.78, 5) is 29.1. The molecule has 0 fully saturated rings. The zero-order valence-electron chi connectivity index (χ0n) is 14.6. The molecule has 3 rings (SSSR count). The second-order valence-electron chi connectivity index (χ2n) is 5.76. The van der Waals surface area contributed by atoms with Gasteiger partial charge in [-0.25, -0.2) is 9.78 Å². The minimum absolute atomic E-state index is 0.176. The van der Waals surface area contributed by atoms with Crippen LogP contribution in [0.25, 0.3) is 10.9 Å². The van der Waals surface area contributed by atoms with Crippen molar-refractivity contribution in [2.75, 3.05) is 6.61 Å². The summed E-state index contributed by atoms with van der Waals surface area (Å²) in [5.74, 6) is -0.209. The monoisotopic (exact) mass is 349 g/mol. The van der Waals surface area contributed by atoms with Gasteiger partial charge in [-0.05, 0) is 50.2 Å². The Morgan fingerprint density at radius 2 is 1.73 bits per heavy atom. The summed E-state index contributed by atoms with van der Waals surface area (Å²) in [6.45, 7) is 4.00. The molecular formula is C21H19NO4. The van der Waals surface area contributed by atoms with Gasteiger partial charge >= 0.3 is 5.97 Å². The Hall–Kier alpha value is -3.21. The number of esters is 1. The Balaban J connectivity index is 1.70. The lowest BCUT2D eigenvalue weighted by atomic mass is 10.1. The lowest BCUT2D eigenvalue weighted by molar-refractivity contribution is 0.0313. The minimum Gasteiger partial charge on any atom is -0.494 e. The Bertz CT molecular complexity index is 934. The number of carbonyl (C=O) groups excluding carboxylic acids is 2. The van der Waals surface area contributed by atoms with E-state index in [4.69, 9.17) is 9.47 Å². The van der Waals surface area contributed by atoms with Crippen molar-refractivity contribution in [3.63, 3.8) is 0 Å². The molecule has 0 bridgehead atoms. The molecule has 1 heterocycles. The summed E-state index contributed by atoms with van der Waals surface area (Å²) in [7, 11) is 0. The van der Waals surface area contributed by atoms with Crippen LogP contribution >= 0.6 is 0 Å². The summed E-state index contributed by atoms with van der Waals surface area (Å²) < 4.78 is 10.7. The van der Waals surface area contributed by atoms with Crippen LogP contribution in [0.1, 0.15) is 34.7 Å². The first-order chi connectivity index (χ1) is 12.6. The van der Waals surface area contributed by atoms with Gasteiger partial charge in [0.15, 0.2) is 6.10 Å². The first-order valence-corrected chi connectivity index (χ1v) is 8.42. The van der Waals surface area contributed by atoms with E-state index in [1.54, 1.807) is 43.3 Å². The fraction of sp³-hybridized carbons (Fsp3) is 0.190. The Labute approximate surface area is 151 Å². The summed E-state index contributed by atoms with van der Waals surface area (Å²) in [6, 6.07) is 17.6. The smallest absolute Gasteiger partial charge is 0.357 e. The molecule has 5 heteroatoms. The van der Waals surface area contributed by atoms with Gasteiger partial charge in [-0.1, -0.05) is 24.3 Å². The molecule has 0 amide bonds. The third kappa shape index (κ3) is 3.88. The first kappa shape index (κ1) is 17.6. The van der Waals surface area contributed by atoms with Crippen LogP contribution in [0.15, 0.2) is 60.7 Å². The number of ketones is 1. The number of nitrogens with zero attached hydrogens (tertiary/aromatic N) is 1. The predicted molar refractivity (Wildman–Crippen MR) is 98.6 cm³/mol. The summed E-state index contributed by atoms with van der Waals surface area (Å²) in [6.07, 6.45) is -0.909. The molecule has 26 heavy (non-hydrogen) atoms. The fourth-order valence-corrected chi connectivity index (χ4v) is 2.57. The van der Waals surface area contributed by atoms with Crippen molar-refractivity contribution in [1.29, 1.82) is 0 Å². The van der Waals surface area contributed by atoms with E-state index in [1.807, 2.05) is 31.2 Å². The van der Waals surface area contributed by atoms with Crippen molar-refractivity contribution in [3.05, 3.63) is 71.9 Å². The zero-order valence-corrected chi connectivity index (χ0v) is 14.6. The van der Waals surface area contributed by atoms with Crippen molar-refractivity contribution in [1.82, 2.24) is 4.98 Å². The molecule has 1 atom stereocenters. The number of Topliss-reactive ketones (excluding diaryl/α,β-unsaturated/α-hetero) is 1. The first-order valence-electron chi connectivity index (χ1n) is 8.42. The maximum Gasteiger partial charge on any atom is 0.357 e. The van der Waals surface area contributed by atoms with Crippen LogP contribution in [0.2, 0.25) is 0 Å². The van der Waals surface area contributed by atoms with E-state index < -0.39 is 12.1 Å². The van der Waals surface area contributed by atoms with Crippen molar-refractivity contribution < 1.29 is 19.1 Å². The maximum absolute atomic E-state index is 12.5. The average Bonchev–Trinajstić information content (AvgIpc) is 2.67. The number of aromatic nitrogens is 1. The molecule has 1 aromatic heterocycles. The van der Waals surface area contributed by atoms with Crippen molar-refractivity contribution in [2.24, 2.45) is 0 Å². The minimum atomic E-state index is -0.909. The van der Waals surface area contributed by atoms with Crippen LogP contribution in [0.5, 0.6) is 5.75 Å². The molecule has 0 spiro atoms. The van der Waals surface area contributed by atoms with E-state index >= 15 is 0 Å². The van der Waals surface area contributed by atoms with Crippen molar-refractivity contribution in [2.45, 2.75) is 20.0 Å². The van der Waals surface area contributed by atoms with Gasteiger partial charge < -0.3 is 9.47 Å². The normalized spacial score (nSPS) is 11.8. The van der Waals surface area contributed by atoms with Gasteiger partial charge in [-0.3, -0.25) is 4.79 Å². The molecule has 2 aromatic carbocycles. The van der Waals surface area contributed by atoms with Gasteiger partial charge in [0, 0.05) is 10.9 Å². The van der Waals surface area contributed by atoms with Crippen molar-refractivity contribution >= 4 is 22.7 Å². The molecule has 0 saturated carbocycles. The SMILES string of the molecule is CCOc1ccc(C(=O)[C@H](C)OC(=O)c2ccc3ccccc3n2)cc1. The highest BCUT2D eigenvalue weighted by Crippen LogP contribution is 2.16. The second kappa shape index (κ2) is 7.78. The van der Waals surface area contributed by atoms with Gasteiger partial charge in [0.1, 0.15) is 11.4 Å². The number of carbonyl (C=O) groups is 2. The summed E-state index contributed by atoms with van der Waals surface area (Å²) in [5.41, 5.74) is 1.34.